The molecule has 0 N–H and O–H groups in total. The molecule has 0 fully saturated rings. The van der Waals surface area contributed by atoms with Crippen LogP contribution in [-0.4, -0.2) is 13.7 Å². The van der Waals surface area contributed by atoms with E-state index in [-0.39, 0.29) is 5.92 Å². The molecule has 0 bridgehead atoms. The van der Waals surface area contributed by atoms with E-state index in [1.807, 2.05) is 24.3 Å². The van der Waals surface area contributed by atoms with E-state index in [1.165, 1.54) is 16.9 Å². The molecule has 1 atom stereocenters. The van der Waals surface area contributed by atoms with Gasteiger partial charge in [0.1, 0.15) is 11.6 Å². The van der Waals surface area contributed by atoms with Crippen molar-refractivity contribution in [2.75, 3.05) is 4.90 Å². The van der Waals surface area contributed by atoms with Crippen molar-refractivity contribution in [2.24, 2.45) is 0 Å². The lowest BCUT2D eigenvalue weighted by atomic mass is 9.91. The lowest BCUT2D eigenvalue weighted by Gasteiger charge is -2.25. The molecule has 1 aliphatic heterocycles. The van der Waals surface area contributed by atoms with Gasteiger partial charge in [0.2, 0.25) is 0 Å². The molecule has 12 aromatic rings. The predicted octanol–water partition coefficient (Wildman–Crippen LogP) is 15.5. The summed E-state index contributed by atoms with van der Waals surface area (Å²) < 4.78 is 6.98. The Balaban J connectivity index is 1.11. The Labute approximate surface area is 391 Å². The maximum atomic E-state index is 11.8. The van der Waals surface area contributed by atoms with Gasteiger partial charge in [0.05, 0.1) is 61.8 Å². The third-order valence-electron chi connectivity index (χ3n) is 14.4. The quantitative estimate of drug-likeness (QED) is 0.173. The van der Waals surface area contributed by atoms with E-state index in [1.54, 1.807) is 0 Å². The van der Waals surface area contributed by atoms with Crippen molar-refractivity contribution in [2.45, 2.75) is 12.3 Å². The van der Waals surface area contributed by atoms with Gasteiger partial charge in [-0.05, 0) is 114 Å². The number of nitrogens with zero attached hydrogens (tertiary/aromatic N) is 6. The maximum absolute atomic E-state index is 11.8. The second-order valence-electron chi connectivity index (χ2n) is 17.8. The van der Waals surface area contributed by atoms with Gasteiger partial charge < -0.3 is 18.6 Å². The lowest BCUT2D eigenvalue weighted by Crippen LogP contribution is -2.14. The van der Waals surface area contributed by atoms with Crippen LogP contribution >= 0.6 is 0 Å². The summed E-state index contributed by atoms with van der Waals surface area (Å²) in [7, 11) is 0. The number of allylic oxidation sites excluding steroid dienone is 4. The Hall–Kier alpha value is -9.36. The van der Waals surface area contributed by atoms with E-state index in [0.717, 1.165) is 106 Å². The fourth-order valence-corrected chi connectivity index (χ4v) is 11.5. The minimum Gasteiger partial charge on any atom is -0.313 e. The Bertz CT molecular complexity index is 4240. The zero-order valence-corrected chi connectivity index (χ0v) is 36.7. The van der Waals surface area contributed by atoms with Gasteiger partial charge >= 0.3 is 0 Å². The topological polar surface area (TPSA) is 65.6 Å². The van der Waals surface area contributed by atoms with Crippen LogP contribution in [0.5, 0.6) is 0 Å². The van der Waals surface area contributed by atoms with Crippen LogP contribution in [0, 0.1) is 22.7 Å². The van der Waals surface area contributed by atoms with E-state index in [4.69, 9.17) is 0 Å². The summed E-state index contributed by atoms with van der Waals surface area (Å²) in [5, 5.41) is 28.4. The number of aromatic nitrogens is 3. The minimum absolute atomic E-state index is 0.228. The van der Waals surface area contributed by atoms with Crippen LogP contribution in [0.15, 0.2) is 218 Å². The highest BCUT2D eigenvalue weighted by atomic mass is 15.2. The Morgan fingerprint density at radius 1 is 0.441 bits per heavy atom. The smallest absolute Gasteiger partial charge is 0.104 e. The molecule has 14 rings (SSSR count). The summed E-state index contributed by atoms with van der Waals surface area (Å²) in [6.07, 6.45) is 7.66. The van der Waals surface area contributed by atoms with E-state index >= 15 is 0 Å². The van der Waals surface area contributed by atoms with Gasteiger partial charge in [-0.2, -0.15) is 10.5 Å². The average molecular weight is 867 g/mol. The van der Waals surface area contributed by atoms with Crippen LogP contribution in [0.25, 0.3) is 93.6 Å². The number of para-hydroxylation sites is 5. The van der Waals surface area contributed by atoms with E-state index in [9.17, 15) is 10.5 Å². The molecule has 3 aromatic heterocycles. The van der Waals surface area contributed by atoms with Crippen molar-refractivity contribution in [1.29, 1.82) is 10.5 Å². The van der Waals surface area contributed by atoms with E-state index in [2.05, 4.69) is 219 Å². The number of fused-ring (bicyclic) bond motifs is 13. The normalized spacial score (nSPS) is 14.2. The Kier molecular flexibility index (Phi) is 8.14. The van der Waals surface area contributed by atoms with Crippen LogP contribution in [0.4, 0.5) is 11.4 Å². The van der Waals surface area contributed by atoms with Gasteiger partial charge in [-0.1, -0.05) is 121 Å². The van der Waals surface area contributed by atoms with Crippen LogP contribution in [0.3, 0.4) is 0 Å². The molecule has 0 spiro atoms. The summed E-state index contributed by atoms with van der Waals surface area (Å²) in [6, 6.07) is 73.5. The van der Waals surface area contributed by atoms with Crippen molar-refractivity contribution in [3.8, 4) is 40.3 Å². The molecule has 316 valence electrons. The molecule has 0 amide bonds. The summed E-state index contributed by atoms with van der Waals surface area (Å²) in [5.74, 6) is 0.228. The molecule has 1 aliphatic carbocycles. The van der Waals surface area contributed by atoms with E-state index in [0.29, 0.717) is 11.1 Å². The lowest BCUT2D eigenvalue weighted by molar-refractivity contribution is 0.819. The molecule has 1 unspecified atom stereocenters. The molecule has 2 aliphatic rings. The van der Waals surface area contributed by atoms with Crippen LogP contribution < -0.4 is 4.90 Å². The van der Waals surface area contributed by atoms with Crippen LogP contribution in [0.2, 0.25) is 0 Å². The molecule has 4 heterocycles. The molecular formula is C62H38N6. The largest absolute Gasteiger partial charge is 0.313 e. The van der Waals surface area contributed by atoms with Crippen LogP contribution in [0.1, 0.15) is 29.0 Å². The molecule has 0 saturated carbocycles. The summed E-state index contributed by atoms with van der Waals surface area (Å²) in [4.78, 5) is 2.46. The molecule has 9 aromatic carbocycles. The van der Waals surface area contributed by atoms with Crippen LogP contribution in [-0.2, 0) is 0 Å². The van der Waals surface area contributed by atoms with Crippen molar-refractivity contribution in [1.82, 2.24) is 13.7 Å². The van der Waals surface area contributed by atoms with Crippen molar-refractivity contribution in [3.63, 3.8) is 0 Å². The molecule has 0 saturated heterocycles. The van der Waals surface area contributed by atoms with E-state index < -0.39 is 0 Å². The first-order chi connectivity index (χ1) is 33.7. The van der Waals surface area contributed by atoms with Gasteiger partial charge in [-0.3, -0.25) is 0 Å². The first-order valence-electron chi connectivity index (χ1n) is 23.1. The van der Waals surface area contributed by atoms with Gasteiger partial charge in [0.15, 0.2) is 0 Å². The third kappa shape index (κ3) is 5.31. The van der Waals surface area contributed by atoms with Gasteiger partial charge in [-0.15, -0.1) is 0 Å². The average Bonchev–Trinajstić information content (AvgIpc) is 4.13. The minimum atomic E-state index is 0.228. The Morgan fingerprint density at radius 3 is 1.65 bits per heavy atom. The summed E-state index contributed by atoms with van der Waals surface area (Å²) in [6.45, 7) is 0. The molecular weight excluding hydrogens is 829 g/mol. The highest BCUT2D eigenvalue weighted by molar-refractivity contribution is 6.20. The fraction of sp³-hybridized carbons (Fsp3) is 0.0323. The standard InChI is InChI=1S/C62H38N6/c63-37-39-27-29-40(30-28-39)41-33-57(67-55-26-14-10-22-48(55)61-56(67)32-31-47-44-19-7-12-24-53(44)66(62(47)61)43-17-5-2-6-18-43)51(38-64)58(34-41)68-54-25-13-9-21-46(54)50-35-59-49(36-60(50)68)45-20-8-11-23-52(45)65(59)42-15-3-1-4-16-42/h1-18,20-36,44H,19H2. The third-order valence-corrected chi connectivity index (χ3v) is 14.4. The number of hydrogen-bond acceptors (Lipinski definition) is 3. The number of benzene rings is 9. The first-order valence-corrected chi connectivity index (χ1v) is 23.1. The highest BCUT2D eigenvalue weighted by Gasteiger charge is 2.38. The second-order valence-corrected chi connectivity index (χ2v) is 17.8. The van der Waals surface area contributed by atoms with Gasteiger partial charge in [0, 0.05) is 55.3 Å². The van der Waals surface area contributed by atoms with Gasteiger partial charge in [-0.25, -0.2) is 0 Å². The van der Waals surface area contributed by atoms with Crippen molar-refractivity contribution in [3.05, 3.63) is 235 Å². The maximum Gasteiger partial charge on any atom is 0.104 e. The predicted molar refractivity (Wildman–Crippen MR) is 277 cm³/mol. The monoisotopic (exact) mass is 866 g/mol. The molecule has 68 heavy (non-hydrogen) atoms. The molecule has 6 nitrogen and oxygen atoms in total. The SMILES string of the molecule is N#Cc1ccc(-c2cc(-n3c4ccccc4c4cc5c(cc43)c3ccccc3n5-c3ccccc3)c(C#N)c(-n3c4ccccc4c4c5c(ccc43)C3CC=CC=C3N5c3ccccc3)c2)cc1. The summed E-state index contributed by atoms with van der Waals surface area (Å²) >= 11 is 0. The highest BCUT2D eigenvalue weighted by Crippen LogP contribution is 2.55. The molecule has 0 radical (unpaired) electrons. The first kappa shape index (κ1) is 38.0. The zero-order valence-electron chi connectivity index (χ0n) is 36.7. The van der Waals surface area contributed by atoms with Crippen molar-refractivity contribution < 1.29 is 0 Å². The second kappa shape index (κ2) is 14.6. The molecule has 6 heteroatoms. The number of nitriles is 2. The van der Waals surface area contributed by atoms with Crippen molar-refractivity contribution >= 4 is 76.8 Å². The number of anilines is 2. The summed E-state index contributed by atoms with van der Waals surface area (Å²) in [5.41, 5.74) is 16.9. The number of hydrogen-bond donors (Lipinski definition) is 0. The Morgan fingerprint density at radius 2 is 1.00 bits per heavy atom. The zero-order chi connectivity index (χ0) is 45.0. The fourth-order valence-electron chi connectivity index (χ4n) is 11.5. The number of rotatable bonds is 5. The van der Waals surface area contributed by atoms with Gasteiger partial charge in [0.25, 0.3) is 0 Å².